The second-order valence-electron chi connectivity index (χ2n) is 6.76. The van der Waals surface area contributed by atoms with Gasteiger partial charge < -0.3 is 9.47 Å². The molecule has 2 nitrogen and oxygen atoms in total. The molecule has 0 aromatic heterocycles. The minimum atomic E-state index is 0.271. The molecule has 2 aromatic rings. The average Bonchev–Trinajstić information content (AvgIpc) is 2.67. The highest BCUT2D eigenvalue weighted by Crippen LogP contribution is 2.33. The van der Waals surface area contributed by atoms with Crippen LogP contribution in [0, 0.1) is 5.92 Å². The Morgan fingerprint density at radius 1 is 0.958 bits per heavy atom. The fraction of sp³-hybridized carbons (Fsp3) is 0.455. The molecule has 24 heavy (non-hydrogen) atoms. The van der Waals surface area contributed by atoms with E-state index in [1.165, 1.54) is 42.4 Å². The van der Waals surface area contributed by atoms with Gasteiger partial charge in [-0.1, -0.05) is 56.2 Å². The van der Waals surface area contributed by atoms with Crippen LogP contribution >= 0.6 is 0 Å². The van der Waals surface area contributed by atoms with Crippen LogP contribution in [0.2, 0.25) is 0 Å². The molecule has 1 aliphatic heterocycles. The van der Waals surface area contributed by atoms with Crippen molar-refractivity contribution in [1.82, 2.24) is 0 Å². The molecule has 2 aromatic carbocycles. The Bertz CT molecular complexity index is 607. The molecule has 3 rings (SSSR count). The number of benzene rings is 2. The number of methoxy groups -OCH3 is 1. The number of hydrogen-bond acceptors (Lipinski definition) is 2. The first kappa shape index (κ1) is 17.0. The zero-order valence-corrected chi connectivity index (χ0v) is 14.8. The van der Waals surface area contributed by atoms with E-state index < -0.39 is 0 Å². The molecule has 2 unspecified atom stereocenters. The Morgan fingerprint density at radius 2 is 1.62 bits per heavy atom. The quantitative estimate of drug-likeness (QED) is 0.647. The summed E-state index contributed by atoms with van der Waals surface area (Å²) in [4.78, 5) is 0. The predicted molar refractivity (Wildman–Crippen MR) is 99.4 cm³/mol. The Labute approximate surface area is 145 Å². The van der Waals surface area contributed by atoms with Crippen LogP contribution in [0.25, 0.3) is 11.1 Å². The van der Waals surface area contributed by atoms with Crippen LogP contribution in [0.15, 0.2) is 48.5 Å². The first-order valence-electron chi connectivity index (χ1n) is 9.16. The zero-order valence-electron chi connectivity index (χ0n) is 14.8. The molecule has 0 saturated carbocycles. The third-order valence-electron chi connectivity index (χ3n) is 5.04. The molecule has 0 radical (unpaired) electrons. The fourth-order valence-electron chi connectivity index (χ4n) is 3.46. The van der Waals surface area contributed by atoms with Crippen LogP contribution in [-0.4, -0.2) is 13.7 Å². The van der Waals surface area contributed by atoms with Crippen LogP contribution in [0.4, 0.5) is 0 Å². The normalized spacial score (nSPS) is 20.8. The molecule has 1 fully saturated rings. The van der Waals surface area contributed by atoms with Crippen molar-refractivity contribution in [2.75, 3.05) is 13.7 Å². The minimum absolute atomic E-state index is 0.271. The van der Waals surface area contributed by atoms with Gasteiger partial charge in [0, 0.05) is 0 Å². The fourth-order valence-corrected chi connectivity index (χ4v) is 3.46. The predicted octanol–water partition coefficient (Wildman–Crippen LogP) is 6.02. The standard InChI is InChI=1S/C22H28O2/c1-3-4-5-17-6-15-22(24-16-17)20-9-7-18(8-10-20)19-11-13-21(23-2)14-12-19/h7-14,17,22H,3-6,15-16H2,1-2H3. The lowest BCUT2D eigenvalue weighted by Gasteiger charge is -2.29. The molecule has 1 saturated heterocycles. The topological polar surface area (TPSA) is 18.5 Å². The number of unbranched alkanes of at least 4 members (excludes halogenated alkanes) is 1. The Balaban J connectivity index is 1.60. The SMILES string of the molecule is CCCCC1CCC(c2ccc(-c3ccc(OC)cc3)cc2)OC1. The molecule has 0 N–H and O–H groups in total. The summed E-state index contributed by atoms with van der Waals surface area (Å²) in [7, 11) is 1.70. The van der Waals surface area contributed by atoms with Gasteiger partial charge in [-0.25, -0.2) is 0 Å². The summed E-state index contributed by atoms with van der Waals surface area (Å²) in [5.41, 5.74) is 3.76. The maximum absolute atomic E-state index is 6.13. The van der Waals surface area contributed by atoms with Gasteiger partial charge >= 0.3 is 0 Å². The van der Waals surface area contributed by atoms with Crippen LogP contribution in [0.5, 0.6) is 5.75 Å². The molecule has 0 spiro atoms. The Morgan fingerprint density at radius 3 is 2.17 bits per heavy atom. The first-order chi connectivity index (χ1) is 11.8. The van der Waals surface area contributed by atoms with Crippen LogP contribution in [0.1, 0.15) is 50.7 Å². The molecule has 0 aliphatic carbocycles. The molecule has 2 heteroatoms. The lowest BCUT2D eigenvalue weighted by molar-refractivity contribution is -0.0197. The minimum Gasteiger partial charge on any atom is -0.497 e. The summed E-state index contributed by atoms with van der Waals surface area (Å²) in [5.74, 6) is 1.66. The molecule has 0 bridgehead atoms. The van der Waals surface area contributed by atoms with Crippen molar-refractivity contribution in [3.63, 3.8) is 0 Å². The first-order valence-corrected chi connectivity index (χ1v) is 9.16. The van der Waals surface area contributed by atoms with Gasteiger partial charge in [-0.2, -0.15) is 0 Å². The van der Waals surface area contributed by atoms with E-state index in [-0.39, 0.29) is 6.10 Å². The maximum Gasteiger partial charge on any atom is 0.118 e. The van der Waals surface area contributed by atoms with E-state index in [4.69, 9.17) is 9.47 Å². The van der Waals surface area contributed by atoms with Gasteiger partial charge in [-0.05, 0) is 54.0 Å². The van der Waals surface area contributed by atoms with Gasteiger partial charge in [-0.3, -0.25) is 0 Å². The average molecular weight is 324 g/mol. The molecule has 1 heterocycles. The lowest BCUT2D eigenvalue weighted by Crippen LogP contribution is -2.20. The van der Waals surface area contributed by atoms with E-state index in [1.54, 1.807) is 7.11 Å². The largest absolute Gasteiger partial charge is 0.497 e. The lowest BCUT2D eigenvalue weighted by atomic mass is 9.91. The van der Waals surface area contributed by atoms with Crippen molar-refractivity contribution in [2.24, 2.45) is 5.92 Å². The van der Waals surface area contributed by atoms with Crippen molar-refractivity contribution in [1.29, 1.82) is 0 Å². The Hall–Kier alpha value is -1.80. The van der Waals surface area contributed by atoms with Gasteiger partial charge in [0.2, 0.25) is 0 Å². The smallest absolute Gasteiger partial charge is 0.118 e. The van der Waals surface area contributed by atoms with Crippen LogP contribution in [-0.2, 0) is 4.74 Å². The second-order valence-corrected chi connectivity index (χ2v) is 6.76. The van der Waals surface area contributed by atoms with Crippen LogP contribution < -0.4 is 4.74 Å². The summed E-state index contributed by atoms with van der Waals surface area (Å²) >= 11 is 0. The molecular formula is C22H28O2. The second kappa shape index (κ2) is 8.34. The Kier molecular flexibility index (Phi) is 5.92. The summed E-state index contributed by atoms with van der Waals surface area (Å²) < 4.78 is 11.4. The third kappa shape index (κ3) is 4.18. The van der Waals surface area contributed by atoms with E-state index in [1.807, 2.05) is 12.1 Å². The number of ether oxygens (including phenoxy) is 2. The van der Waals surface area contributed by atoms with Crippen molar-refractivity contribution in [2.45, 2.75) is 45.1 Å². The van der Waals surface area contributed by atoms with Crippen molar-refractivity contribution in [3.8, 4) is 16.9 Å². The zero-order chi connectivity index (χ0) is 16.8. The monoisotopic (exact) mass is 324 g/mol. The molecule has 128 valence electrons. The van der Waals surface area contributed by atoms with E-state index in [2.05, 4.69) is 43.3 Å². The highest BCUT2D eigenvalue weighted by molar-refractivity contribution is 5.64. The van der Waals surface area contributed by atoms with Gasteiger partial charge in [-0.15, -0.1) is 0 Å². The van der Waals surface area contributed by atoms with E-state index in [0.29, 0.717) is 0 Å². The highest BCUT2D eigenvalue weighted by atomic mass is 16.5. The van der Waals surface area contributed by atoms with Crippen molar-refractivity contribution in [3.05, 3.63) is 54.1 Å². The number of rotatable bonds is 6. The summed E-state index contributed by atoms with van der Waals surface area (Å²) in [6.07, 6.45) is 6.65. The summed E-state index contributed by atoms with van der Waals surface area (Å²) in [6.45, 7) is 3.18. The molecular weight excluding hydrogens is 296 g/mol. The van der Waals surface area contributed by atoms with Gasteiger partial charge in [0.25, 0.3) is 0 Å². The van der Waals surface area contributed by atoms with E-state index in [0.717, 1.165) is 24.7 Å². The van der Waals surface area contributed by atoms with Crippen molar-refractivity contribution >= 4 is 0 Å². The summed E-state index contributed by atoms with van der Waals surface area (Å²) in [5, 5.41) is 0. The molecule has 0 amide bonds. The third-order valence-corrected chi connectivity index (χ3v) is 5.04. The van der Waals surface area contributed by atoms with Gasteiger partial charge in [0.1, 0.15) is 5.75 Å². The number of hydrogen-bond donors (Lipinski definition) is 0. The van der Waals surface area contributed by atoms with Gasteiger partial charge in [0.05, 0.1) is 19.8 Å². The highest BCUT2D eigenvalue weighted by Gasteiger charge is 2.22. The van der Waals surface area contributed by atoms with Crippen LogP contribution in [0.3, 0.4) is 0 Å². The molecule has 2 atom stereocenters. The summed E-state index contributed by atoms with van der Waals surface area (Å²) in [6, 6.07) is 17.0. The van der Waals surface area contributed by atoms with E-state index >= 15 is 0 Å². The van der Waals surface area contributed by atoms with Crippen molar-refractivity contribution < 1.29 is 9.47 Å². The van der Waals surface area contributed by atoms with Gasteiger partial charge in [0.15, 0.2) is 0 Å². The molecule has 1 aliphatic rings. The maximum atomic E-state index is 6.13. The van der Waals surface area contributed by atoms with E-state index in [9.17, 15) is 0 Å².